The third-order valence-corrected chi connectivity index (χ3v) is 1.80. The number of carbonyl (C=O) groups is 1. The second kappa shape index (κ2) is 3.87. The van der Waals surface area contributed by atoms with Gasteiger partial charge >= 0.3 is 0 Å². The maximum Gasteiger partial charge on any atom is 0.252 e. The number of rotatable bonds is 3. The van der Waals surface area contributed by atoms with Gasteiger partial charge in [-0.1, -0.05) is 0 Å². The van der Waals surface area contributed by atoms with Crippen molar-refractivity contribution in [1.29, 1.82) is 0 Å². The Hall–Kier alpha value is -1.91. The van der Waals surface area contributed by atoms with E-state index in [0.717, 1.165) is 0 Å². The van der Waals surface area contributed by atoms with Gasteiger partial charge in [0.25, 0.3) is 5.91 Å². The van der Waals surface area contributed by atoms with Crippen molar-refractivity contribution in [2.45, 2.75) is 0 Å². The van der Waals surface area contributed by atoms with Crippen LogP contribution in [-0.2, 0) is 0 Å². The second-order valence-electron chi connectivity index (χ2n) is 2.66. The number of anilines is 1. The van der Waals surface area contributed by atoms with Crippen LogP contribution in [0.4, 0.5) is 5.69 Å². The van der Waals surface area contributed by atoms with Crippen LogP contribution in [0.3, 0.4) is 0 Å². The normalized spacial score (nSPS) is 9.57. The molecule has 1 aromatic carbocycles. The molecule has 0 aliphatic rings. The summed E-state index contributed by atoms with van der Waals surface area (Å²) in [7, 11) is 2.90. The van der Waals surface area contributed by atoms with Crippen LogP contribution in [0, 0.1) is 0 Å². The smallest absolute Gasteiger partial charge is 0.252 e. The Morgan fingerprint density at radius 3 is 2.36 bits per heavy atom. The van der Waals surface area contributed by atoms with Gasteiger partial charge in [0.2, 0.25) is 0 Å². The fraction of sp³-hybridized carbons (Fsp3) is 0.222. The molecule has 0 bridgehead atoms. The maximum absolute atomic E-state index is 11.0. The van der Waals surface area contributed by atoms with Crippen LogP contribution in [0.2, 0.25) is 0 Å². The van der Waals surface area contributed by atoms with Crippen molar-refractivity contribution in [3.05, 3.63) is 17.7 Å². The molecule has 0 aromatic heterocycles. The summed E-state index contributed by atoms with van der Waals surface area (Å²) in [5.41, 5.74) is 11.3. The lowest BCUT2D eigenvalue weighted by atomic mass is 10.1. The molecule has 4 N–H and O–H groups in total. The first-order valence-electron chi connectivity index (χ1n) is 3.91. The minimum Gasteiger partial charge on any atom is -0.497 e. The average molecular weight is 196 g/mol. The van der Waals surface area contributed by atoms with E-state index in [-0.39, 0.29) is 11.3 Å². The fourth-order valence-corrected chi connectivity index (χ4v) is 1.15. The van der Waals surface area contributed by atoms with Crippen LogP contribution < -0.4 is 20.9 Å². The lowest BCUT2D eigenvalue weighted by molar-refractivity contribution is 0.0997. The topological polar surface area (TPSA) is 87.6 Å². The SMILES string of the molecule is COc1cc(N)c(OC)c(C(N)=O)c1. The summed E-state index contributed by atoms with van der Waals surface area (Å²) < 4.78 is 9.90. The van der Waals surface area contributed by atoms with E-state index >= 15 is 0 Å². The molecule has 0 radical (unpaired) electrons. The zero-order valence-electron chi connectivity index (χ0n) is 8.03. The Morgan fingerprint density at radius 2 is 1.93 bits per heavy atom. The molecule has 0 spiro atoms. The lowest BCUT2D eigenvalue weighted by Gasteiger charge is -2.10. The highest BCUT2D eigenvalue weighted by Crippen LogP contribution is 2.30. The second-order valence-corrected chi connectivity index (χ2v) is 2.66. The number of hydrogen-bond donors (Lipinski definition) is 2. The predicted octanol–water partition coefficient (Wildman–Crippen LogP) is 0.385. The summed E-state index contributed by atoms with van der Waals surface area (Å²) >= 11 is 0. The summed E-state index contributed by atoms with van der Waals surface area (Å²) in [6, 6.07) is 3.04. The first kappa shape index (κ1) is 10.2. The first-order chi connectivity index (χ1) is 6.60. The van der Waals surface area contributed by atoms with Gasteiger partial charge in [0.05, 0.1) is 25.5 Å². The average Bonchev–Trinajstić information content (AvgIpc) is 2.16. The Morgan fingerprint density at radius 1 is 1.29 bits per heavy atom. The molecular formula is C9H12N2O3. The van der Waals surface area contributed by atoms with Gasteiger partial charge in [-0.3, -0.25) is 4.79 Å². The lowest BCUT2D eigenvalue weighted by Crippen LogP contribution is -2.13. The van der Waals surface area contributed by atoms with Gasteiger partial charge in [0.1, 0.15) is 5.75 Å². The van der Waals surface area contributed by atoms with Gasteiger partial charge in [-0.25, -0.2) is 0 Å². The van der Waals surface area contributed by atoms with E-state index in [2.05, 4.69) is 0 Å². The quantitative estimate of drug-likeness (QED) is 0.684. The van der Waals surface area contributed by atoms with Crippen molar-refractivity contribution in [3.63, 3.8) is 0 Å². The maximum atomic E-state index is 11.0. The van der Waals surface area contributed by atoms with E-state index in [1.807, 2.05) is 0 Å². The highest BCUT2D eigenvalue weighted by Gasteiger charge is 2.13. The van der Waals surface area contributed by atoms with Gasteiger partial charge in [-0.2, -0.15) is 0 Å². The summed E-state index contributed by atoms with van der Waals surface area (Å²) in [5, 5.41) is 0. The van der Waals surface area contributed by atoms with Crippen LogP contribution in [0.25, 0.3) is 0 Å². The van der Waals surface area contributed by atoms with E-state index < -0.39 is 5.91 Å². The van der Waals surface area contributed by atoms with Crippen LogP contribution >= 0.6 is 0 Å². The van der Waals surface area contributed by atoms with Gasteiger partial charge in [0.15, 0.2) is 5.75 Å². The summed E-state index contributed by atoms with van der Waals surface area (Å²) in [4.78, 5) is 11.0. The van der Waals surface area contributed by atoms with Crippen molar-refractivity contribution < 1.29 is 14.3 Å². The van der Waals surface area contributed by atoms with Crippen molar-refractivity contribution in [2.75, 3.05) is 20.0 Å². The van der Waals surface area contributed by atoms with Crippen molar-refractivity contribution >= 4 is 11.6 Å². The van der Waals surface area contributed by atoms with Crippen LogP contribution in [0.5, 0.6) is 11.5 Å². The van der Waals surface area contributed by atoms with E-state index in [1.165, 1.54) is 20.3 Å². The van der Waals surface area contributed by atoms with Crippen LogP contribution in [-0.4, -0.2) is 20.1 Å². The molecule has 0 heterocycles. The van der Waals surface area contributed by atoms with Gasteiger partial charge in [-0.15, -0.1) is 0 Å². The number of ether oxygens (including phenoxy) is 2. The molecule has 0 aliphatic heterocycles. The number of methoxy groups -OCH3 is 2. The summed E-state index contributed by atoms with van der Waals surface area (Å²) in [6.07, 6.45) is 0. The molecule has 0 saturated carbocycles. The van der Waals surface area contributed by atoms with E-state index in [4.69, 9.17) is 20.9 Å². The molecule has 0 unspecified atom stereocenters. The minimum atomic E-state index is -0.604. The van der Waals surface area contributed by atoms with Gasteiger partial charge < -0.3 is 20.9 Å². The number of benzene rings is 1. The molecule has 5 heteroatoms. The monoisotopic (exact) mass is 196 g/mol. The first-order valence-corrected chi connectivity index (χ1v) is 3.91. The summed E-state index contributed by atoms with van der Waals surface area (Å²) in [6.45, 7) is 0. The Bertz CT molecular complexity index is 363. The standard InChI is InChI=1S/C9H12N2O3/c1-13-5-3-6(9(11)12)8(14-2)7(10)4-5/h3-4H,10H2,1-2H3,(H2,11,12). The summed E-state index contributed by atoms with van der Waals surface area (Å²) in [5.74, 6) is 0.142. The molecule has 76 valence electrons. The number of amides is 1. The molecule has 1 rings (SSSR count). The predicted molar refractivity (Wildman–Crippen MR) is 52.5 cm³/mol. The highest BCUT2D eigenvalue weighted by molar-refractivity contribution is 5.98. The highest BCUT2D eigenvalue weighted by atomic mass is 16.5. The van der Waals surface area contributed by atoms with E-state index in [1.54, 1.807) is 6.07 Å². The number of nitrogens with two attached hydrogens (primary N) is 2. The van der Waals surface area contributed by atoms with Crippen molar-refractivity contribution in [3.8, 4) is 11.5 Å². The molecule has 0 aliphatic carbocycles. The number of primary amides is 1. The van der Waals surface area contributed by atoms with Crippen molar-refractivity contribution in [1.82, 2.24) is 0 Å². The Balaban J connectivity index is 3.35. The van der Waals surface area contributed by atoms with Crippen LogP contribution in [0.15, 0.2) is 12.1 Å². The molecule has 0 fully saturated rings. The Labute approximate surface area is 81.6 Å². The van der Waals surface area contributed by atoms with Crippen LogP contribution in [0.1, 0.15) is 10.4 Å². The third kappa shape index (κ3) is 1.71. The molecule has 0 saturated heterocycles. The zero-order chi connectivity index (χ0) is 10.7. The molecule has 0 atom stereocenters. The number of hydrogen-bond acceptors (Lipinski definition) is 4. The third-order valence-electron chi connectivity index (χ3n) is 1.80. The minimum absolute atomic E-state index is 0.212. The Kier molecular flexibility index (Phi) is 2.81. The molecule has 14 heavy (non-hydrogen) atoms. The number of carbonyl (C=O) groups excluding carboxylic acids is 1. The van der Waals surface area contributed by atoms with E-state index in [0.29, 0.717) is 11.4 Å². The molecular weight excluding hydrogens is 184 g/mol. The van der Waals surface area contributed by atoms with E-state index in [9.17, 15) is 4.79 Å². The molecule has 1 aromatic rings. The number of nitrogen functional groups attached to an aromatic ring is 1. The zero-order valence-corrected chi connectivity index (χ0v) is 8.03. The molecule has 1 amide bonds. The fourth-order valence-electron chi connectivity index (χ4n) is 1.15. The largest absolute Gasteiger partial charge is 0.497 e. The van der Waals surface area contributed by atoms with Gasteiger partial charge in [0, 0.05) is 6.07 Å². The van der Waals surface area contributed by atoms with Crippen molar-refractivity contribution in [2.24, 2.45) is 5.73 Å². The molecule has 5 nitrogen and oxygen atoms in total. The van der Waals surface area contributed by atoms with Gasteiger partial charge in [-0.05, 0) is 6.07 Å².